The van der Waals surface area contributed by atoms with Gasteiger partial charge < -0.3 is 20.9 Å². The fourth-order valence-corrected chi connectivity index (χ4v) is 4.55. The molecule has 0 aliphatic rings. The van der Waals surface area contributed by atoms with Gasteiger partial charge in [-0.1, -0.05) is 23.9 Å². The van der Waals surface area contributed by atoms with Gasteiger partial charge in [0, 0.05) is 23.6 Å². The number of ether oxygens (including phenoxy) is 1. The highest BCUT2D eigenvalue weighted by atomic mass is 32.2. The van der Waals surface area contributed by atoms with Crippen LogP contribution in [0.15, 0.2) is 34.7 Å². The van der Waals surface area contributed by atoms with Gasteiger partial charge in [0.25, 0.3) is 0 Å². The second kappa shape index (κ2) is 10.6. The molecule has 0 unspecified atom stereocenters. The molecule has 0 aliphatic carbocycles. The van der Waals surface area contributed by atoms with E-state index in [-0.39, 0.29) is 36.1 Å². The molecule has 162 valence electrons. The van der Waals surface area contributed by atoms with Crippen molar-refractivity contribution in [3.63, 3.8) is 0 Å². The number of nitriles is 2. The smallest absolute Gasteiger partial charge is 0.223 e. The number of nitrogen functional groups attached to an aromatic ring is 1. The van der Waals surface area contributed by atoms with Crippen molar-refractivity contribution in [3.05, 3.63) is 46.5 Å². The van der Waals surface area contributed by atoms with Crippen LogP contribution in [0.5, 0.6) is 5.75 Å². The minimum atomic E-state index is -0.204. The monoisotopic (exact) mass is 466 g/mol. The molecular weight excluding hydrogens is 448 g/mol. The molecule has 2 aromatic heterocycles. The van der Waals surface area contributed by atoms with Crippen molar-refractivity contribution in [1.29, 1.82) is 10.5 Å². The standard InChI is InChI=1S/C21H18N6O3S2/c1-12(29)25-21-26-14(11-32-21)10-31-20-17(9-23)18(16(8-22)19(24)27-20)13-2-4-15(5-3-13)30-7-6-28/h2-5,11,28H,6-7,10H2,1H3,(H2,24,27)(H,25,26,29). The van der Waals surface area contributed by atoms with Crippen molar-refractivity contribution in [1.82, 2.24) is 9.97 Å². The molecule has 0 aliphatic heterocycles. The van der Waals surface area contributed by atoms with Crippen LogP contribution in [-0.2, 0) is 10.5 Å². The zero-order valence-corrected chi connectivity index (χ0v) is 18.6. The zero-order valence-electron chi connectivity index (χ0n) is 17.0. The third kappa shape index (κ3) is 5.34. The molecule has 3 aromatic rings. The van der Waals surface area contributed by atoms with Crippen molar-refractivity contribution < 1.29 is 14.6 Å². The Morgan fingerprint density at radius 3 is 2.59 bits per heavy atom. The number of carbonyl (C=O) groups is 1. The summed E-state index contributed by atoms with van der Waals surface area (Å²) in [5, 5.41) is 33.7. The molecular formula is C21H18N6O3S2. The number of nitrogens with one attached hydrogen (secondary N) is 1. The molecule has 2 heterocycles. The van der Waals surface area contributed by atoms with Crippen LogP contribution in [0.2, 0.25) is 0 Å². The van der Waals surface area contributed by atoms with Crippen LogP contribution in [0.25, 0.3) is 11.1 Å². The lowest BCUT2D eigenvalue weighted by molar-refractivity contribution is -0.114. The number of rotatable bonds is 8. The highest BCUT2D eigenvalue weighted by Gasteiger charge is 2.21. The summed E-state index contributed by atoms with van der Waals surface area (Å²) in [7, 11) is 0. The Hall–Kier alpha value is -3.64. The SMILES string of the molecule is CC(=O)Nc1nc(CSc2nc(N)c(C#N)c(-c3ccc(OCCO)cc3)c2C#N)cs1. The minimum absolute atomic E-state index is 0.0295. The maximum absolute atomic E-state index is 11.2. The van der Waals surface area contributed by atoms with Crippen LogP contribution in [0, 0.1) is 22.7 Å². The summed E-state index contributed by atoms with van der Waals surface area (Å²) in [5.41, 5.74) is 8.14. The predicted molar refractivity (Wildman–Crippen MR) is 122 cm³/mol. The number of anilines is 2. The highest BCUT2D eigenvalue weighted by molar-refractivity contribution is 7.98. The average molecular weight is 467 g/mol. The van der Waals surface area contributed by atoms with Gasteiger partial charge in [-0.15, -0.1) is 11.3 Å². The second-order valence-electron chi connectivity index (χ2n) is 6.36. The van der Waals surface area contributed by atoms with E-state index in [0.29, 0.717) is 38.5 Å². The molecule has 0 saturated carbocycles. The lowest BCUT2D eigenvalue weighted by atomic mass is 9.97. The zero-order chi connectivity index (χ0) is 23.1. The van der Waals surface area contributed by atoms with E-state index >= 15 is 0 Å². The quantitative estimate of drug-likeness (QED) is 0.424. The number of benzene rings is 1. The number of amides is 1. The first kappa shape index (κ1) is 23.0. The third-order valence-corrected chi connectivity index (χ3v) is 5.93. The fourth-order valence-electron chi connectivity index (χ4n) is 2.80. The van der Waals surface area contributed by atoms with Crippen molar-refractivity contribution in [2.24, 2.45) is 0 Å². The van der Waals surface area contributed by atoms with Gasteiger partial charge in [-0.2, -0.15) is 10.5 Å². The second-order valence-corrected chi connectivity index (χ2v) is 8.18. The number of nitrogens with zero attached hydrogens (tertiary/aromatic N) is 4. The number of aromatic nitrogens is 2. The Morgan fingerprint density at radius 2 is 1.97 bits per heavy atom. The normalized spacial score (nSPS) is 10.2. The Balaban J connectivity index is 1.94. The predicted octanol–water partition coefficient (Wildman–Crippen LogP) is 3.15. The summed E-state index contributed by atoms with van der Waals surface area (Å²) < 4.78 is 5.37. The summed E-state index contributed by atoms with van der Waals surface area (Å²) in [5.74, 6) is 0.775. The maximum atomic E-state index is 11.2. The number of hydrogen-bond donors (Lipinski definition) is 3. The lowest BCUT2D eigenvalue weighted by Gasteiger charge is -2.13. The van der Waals surface area contributed by atoms with E-state index in [2.05, 4.69) is 21.4 Å². The average Bonchev–Trinajstić information content (AvgIpc) is 3.22. The number of aliphatic hydroxyl groups excluding tert-OH is 1. The molecule has 0 radical (unpaired) electrons. The Labute approximate surface area is 192 Å². The Kier molecular flexibility index (Phi) is 7.63. The number of thioether (sulfide) groups is 1. The molecule has 0 bridgehead atoms. The van der Waals surface area contributed by atoms with Gasteiger partial charge in [0.2, 0.25) is 5.91 Å². The van der Waals surface area contributed by atoms with E-state index in [9.17, 15) is 15.3 Å². The molecule has 0 spiro atoms. The first-order valence-corrected chi connectivity index (χ1v) is 11.2. The summed E-state index contributed by atoms with van der Waals surface area (Å²) in [6.07, 6.45) is 0. The van der Waals surface area contributed by atoms with Crippen molar-refractivity contribution >= 4 is 40.0 Å². The van der Waals surface area contributed by atoms with Gasteiger partial charge in [0.1, 0.15) is 40.9 Å². The molecule has 0 atom stereocenters. The van der Waals surface area contributed by atoms with Crippen LogP contribution in [0.1, 0.15) is 23.7 Å². The largest absolute Gasteiger partial charge is 0.491 e. The van der Waals surface area contributed by atoms with E-state index < -0.39 is 0 Å². The molecule has 0 fully saturated rings. The van der Waals surface area contributed by atoms with E-state index in [1.54, 1.807) is 24.3 Å². The van der Waals surface area contributed by atoms with Crippen LogP contribution in [0.3, 0.4) is 0 Å². The van der Waals surface area contributed by atoms with Gasteiger partial charge >= 0.3 is 0 Å². The minimum Gasteiger partial charge on any atom is -0.491 e. The molecule has 9 nitrogen and oxygen atoms in total. The molecule has 4 N–H and O–H groups in total. The summed E-state index contributed by atoms with van der Waals surface area (Å²) in [4.78, 5) is 19.8. The van der Waals surface area contributed by atoms with Crippen LogP contribution in [0.4, 0.5) is 10.9 Å². The molecule has 0 saturated heterocycles. The number of nitrogens with two attached hydrogens (primary N) is 1. The third-order valence-electron chi connectivity index (χ3n) is 4.11. The van der Waals surface area contributed by atoms with Crippen molar-refractivity contribution in [2.45, 2.75) is 17.7 Å². The number of aliphatic hydroxyl groups is 1. The number of thiazole rings is 1. The van der Waals surface area contributed by atoms with Crippen molar-refractivity contribution in [3.8, 4) is 29.0 Å². The summed E-state index contributed by atoms with van der Waals surface area (Å²) >= 11 is 2.57. The topological polar surface area (TPSA) is 158 Å². The van der Waals surface area contributed by atoms with Crippen molar-refractivity contribution in [2.75, 3.05) is 24.3 Å². The van der Waals surface area contributed by atoms with Crippen LogP contribution in [-0.4, -0.2) is 34.2 Å². The van der Waals surface area contributed by atoms with Gasteiger partial charge in [-0.05, 0) is 17.7 Å². The molecule has 1 amide bonds. The Bertz CT molecular complexity index is 1210. The molecule has 32 heavy (non-hydrogen) atoms. The van der Waals surface area contributed by atoms with E-state index in [4.69, 9.17) is 15.6 Å². The van der Waals surface area contributed by atoms with E-state index in [0.717, 1.165) is 0 Å². The lowest BCUT2D eigenvalue weighted by Crippen LogP contribution is -2.05. The molecule has 1 aromatic carbocycles. The molecule has 3 rings (SSSR count). The number of pyridine rings is 1. The molecule has 11 heteroatoms. The first-order chi connectivity index (χ1) is 15.5. The van der Waals surface area contributed by atoms with Crippen LogP contribution >= 0.6 is 23.1 Å². The summed E-state index contributed by atoms with van der Waals surface area (Å²) in [6, 6.07) is 11.0. The maximum Gasteiger partial charge on any atom is 0.223 e. The van der Waals surface area contributed by atoms with Gasteiger partial charge in [0.15, 0.2) is 5.13 Å². The first-order valence-electron chi connectivity index (χ1n) is 9.29. The van der Waals surface area contributed by atoms with Gasteiger partial charge in [0.05, 0.1) is 17.9 Å². The van der Waals surface area contributed by atoms with Gasteiger partial charge in [-0.3, -0.25) is 4.79 Å². The Morgan fingerprint density at radius 1 is 1.25 bits per heavy atom. The van der Waals surface area contributed by atoms with E-state index in [1.165, 1.54) is 30.0 Å². The fraction of sp³-hybridized carbons (Fsp3) is 0.190. The summed E-state index contributed by atoms with van der Waals surface area (Å²) in [6.45, 7) is 1.46. The number of hydrogen-bond acceptors (Lipinski definition) is 10. The highest BCUT2D eigenvalue weighted by Crippen LogP contribution is 2.37. The van der Waals surface area contributed by atoms with Gasteiger partial charge in [-0.25, -0.2) is 9.97 Å². The van der Waals surface area contributed by atoms with Crippen LogP contribution < -0.4 is 15.8 Å². The van der Waals surface area contributed by atoms with E-state index in [1.807, 2.05) is 11.4 Å². The number of carbonyl (C=O) groups excluding carboxylic acids is 1.